The lowest BCUT2D eigenvalue weighted by atomic mass is 9.93. The summed E-state index contributed by atoms with van der Waals surface area (Å²) in [6, 6.07) is 6.42. The summed E-state index contributed by atoms with van der Waals surface area (Å²) in [5, 5.41) is 4.48. The average Bonchev–Trinajstić information content (AvgIpc) is 2.53. The monoisotopic (exact) mass is 413 g/mol. The Bertz CT molecular complexity index is 736. The van der Waals surface area contributed by atoms with Crippen molar-refractivity contribution in [3.63, 3.8) is 0 Å². The molecule has 1 aliphatic rings. The SMILES string of the molecule is CO[C@H]1CC[C@@H](Nc2nc(=O)n(C)c3ccc(I)cc23)CC1. The van der Waals surface area contributed by atoms with Gasteiger partial charge in [-0.25, -0.2) is 4.79 Å². The van der Waals surface area contributed by atoms with E-state index < -0.39 is 0 Å². The molecule has 6 heteroatoms. The van der Waals surface area contributed by atoms with Crippen molar-refractivity contribution >= 4 is 39.3 Å². The molecule has 0 amide bonds. The van der Waals surface area contributed by atoms with Crippen LogP contribution in [0.1, 0.15) is 25.7 Å². The zero-order chi connectivity index (χ0) is 15.7. The number of methoxy groups -OCH3 is 1. The van der Waals surface area contributed by atoms with Crippen LogP contribution in [0.15, 0.2) is 23.0 Å². The standard InChI is InChI=1S/C16H20IN3O2/c1-20-14-8-3-10(17)9-13(14)15(19-16(20)21)18-11-4-6-12(22-2)7-5-11/h3,8-9,11-12H,4-7H2,1-2H3,(H,18,19,21)/t11-,12+. The number of halogens is 1. The molecule has 1 aromatic carbocycles. The van der Waals surface area contributed by atoms with E-state index >= 15 is 0 Å². The van der Waals surface area contributed by atoms with Gasteiger partial charge in [0.25, 0.3) is 0 Å². The van der Waals surface area contributed by atoms with Crippen molar-refractivity contribution in [3.05, 3.63) is 32.3 Å². The molecule has 1 aromatic heterocycles. The van der Waals surface area contributed by atoms with E-state index in [9.17, 15) is 4.79 Å². The first-order chi connectivity index (χ1) is 10.6. The molecule has 2 aromatic rings. The molecule has 0 spiro atoms. The van der Waals surface area contributed by atoms with Crippen molar-refractivity contribution in [2.24, 2.45) is 7.05 Å². The minimum Gasteiger partial charge on any atom is -0.381 e. The maximum absolute atomic E-state index is 12.1. The van der Waals surface area contributed by atoms with Crippen molar-refractivity contribution in [2.75, 3.05) is 12.4 Å². The highest BCUT2D eigenvalue weighted by atomic mass is 127. The van der Waals surface area contributed by atoms with Crippen LogP contribution in [0.4, 0.5) is 5.82 Å². The van der Waals surface area contributed by atoms with Gasteiger partial charge in [0.2, 0.25) is 0 Å². The van der Waals surface area contributed by atoms with Crippen molar-refractivity contribution in [1.82, 2.24) is 9.55 Å². The number of ether oxygens (including phenoxy) is 1. The Morgan fingerprint density at radius 3 is 2.73 bits per heavy atom. The number of anilines is 1. The number of nitrogens with one attached hydrogen (secondary N) is 1. The molecule has 1 heterocycles. The predicted molar refractivity (Wildman–Crippen MR) is 96.4 cm³/mol. The van der Waals surface area contributed by atoms with Gasteiger partial charge in [0, 0.05) is 29.2 Å². The van der Waals surface area contributed by atoms with Gasteiger partial charge >= 0.3 is 5.69 Å². The molecule has 1 saturated carbocycles. The third-order valence-corrected chi connectivity index (χ3v) is 5.09. The number of aryl methyl sites for hydroxylation is 1. The van der Waals surface area contributed by atoms with Crippen LogP contribution < -0.4 is 11.0 Å². The fourth-order valence-corrected chi connectivity index (χ4v) is 3.56. The number of nitrogens with zero attached hydrogens (tertiary/aromatic N) is 2. The number of hydrogen-bond acceptors (Lipinski definition) is 4. The summed E-state index contributed by atoms with van der Waals surface area (Å²) in [7, 11) is 3.54. The fourth-order valence-electron chi connectivity index (χ4n) is 3.07. The Morgan fingerprint density at radius 2 is 2.05 bits per heavy atom. The van der Waals surface area contributed by atoms with Gasteiger partial charge in [-0.1, -0.05) is 0 Å². The molecule has 0 aliphatic heterocycles. The highest BCUT2D eigenvalue weighted by Gasteiger charge is 2.22. The number of hydrogen-bond donors (Lipinski definition) is 1. The van der Waals surface area contributed by atoms with Gasteiger partial charge in [0.1, 0.15) is 5.82 Å². The summed E-state index contributed by atoms with van der Waals surface area (Å²) < 4.78 is 8.14. The van der Waals surface area contributed by atoms with Gasteiger partial charge in [-0.05, 0) is 66.5 Å². The third-order valence-electron chi connectivity index (χ3n) is 4.42. The van der Waals surface area contributed by atoms with E-state index in [1.54, 1.807) is 18.7 Å². The Morgan fingerprint density at radius 1 is 1.32 bits per heavy atom. The topological polar surface area (TPSA) is 56.1 Å². The maximum Gasteiger partial charge on any atom is 0.349 e. The zero-order valence-corrected chi connectivity index (χ0v) is 15.0. The predicted octanol–water partition coefficient (Wildman–Crippen LogP) is 2.91. The van der Waals surface area contributed by atoms with Gasteiger partial charge in [0.15, 0.2) is 0 Å². The van der Waals surface area contributed by atoms with Crippen LogP contribution in [0, 0.1) is 3.57 Å². The summed E-state index contributed by atoms with van der Waals surface area (Å²) in [6.45, 7) is 0. The second-order valence-electron chi connectivity index (χ2n) is 5.82. The van der Waals surface area contributed by atoms with Crippen LogP contribution in [-0.4, -0.2) is 28.8 Å². The first-order valence-electron chi connectivity index (χ1n) is 7.54. The van der Waals surface area contributed by atoms with Gasteiger partial charge in [-0.3, -0.25) is 4.57 Å². The number of benzene rings is 1. The minimum atomic E-state index is -0.221. The Labute approximate surface area is 143 Å². The molecule has 0 saturated heterocycles. The molecule has 1 N–H and O–H groups in total. The van der Waals surface area contributed by atoms with E-state index in [0.29, 0.717) is 18.0 Å². The maximum atomic E-state index is 12.1. The molecule has 0 unspecified atom stereocenters. The average molecular weight is 413 g/mol. The van der Waals surface area contributed by atoms with Gasteiger partial charge < -0.3 is 10.1 Å². The fraction of sp³-hybridized carbons (Fsp3) is 0.500. The van der Waals surface area contributed by atoms with Crippen molar-refractivity contribution in [1.29, 1.82) is 0 Å². The van der Waals surface area contributed by atoms with E-state index in [4.69, 9.17) is 4.74 Å². The van der Waals surface area contributed by atoms with Crippen LogP contribution in [0.2, 0.25) is 0 Å². The van der Waals surface area contributed by atoms with Gasteiger partial charge in [-0.15, -0.1) is 0 Å². The first kappa shape index (κ1) is 15.7. The van der Waals surface area contributed by atoms with Crippen molar-refractivity contribution < 1.29 is 4.74 Å². The Balaban J connectivity index is 1.92. The number of aromatic nitrogens is 2. The van der Waals surface area contributed by atoms with Crippen LogP contribution in [-0.2, 0) is 11.8 Å². The van der Waals surface area contributed by atoms with E-state index in [0.717, 1.165) is 40.2 Å². The lowest BCUT2D eigenvalue weighted by Gasteiger charge is -2.28. The molecule has 5 nitrogen and oxygen atoms in total. The number of fused-ring (bicyclic) bond motifs is 1. The zero-order valence-electron chi connectivity index (χ0n) is 12.8. The van der Waals surface area contributed by atoms with E-state index in [2.05, 4.69) is 39.0 Å². The van der Waals surface area contributed by atoms with Crippen molar-refractivity contribution in [2.45, 2.75) is 37.8 Å². The summed E-state index contributed by atoms with van der Waals surface area (Å²) in [6.07, 6.45) is 4.55. The first-order valence-corrected chi connectivity index (χ1v) is 8.62. The quantitative estimate of drug-likeness (QED) is 0.787. The molecule has 1 fully saturated rings. The molecule has 0 atom stereocenters. The molecule has 3 rings (SSSR count). The largest absolute Gasteiger partial charge is 0.381 e. The van der Waals surface area contributed by atoms with Gasteiger partial charge in [-0.2, -0.15) is 4.98 Å². The molecule has 0 bridgehead atoms. The number of rotatable bonds is 3. The molecule has 118 valence electrons. The Kier molecular flexibility index (Phi) is 4.67. The minimum absolute atomic E-state index is 0.221. The van der Waals surface area contributed by atoms with E-state index in [1.165, 1.54) is 0 Å². The lowest BCUT2D eigenvalue weighted by molar-refractivity contribution is 0.0681. The second-order valence-corrected chi connectivity index (χ2v) is 7.06. The smallest absolute Gasteiger partial charge is 0.349 e. The molecule has 0 radical (unpaired) electrons. The summed E-state index contributed by atoms with van der Waals surface area (Å²) in [5.41, 5.74) is 0.690. The molecule has 22 heavy (non-hydrogen) atoms. The summed E-state index contributed by atoms with van der Waals surface area (Å²) >= 11 is 2.28. The molecular formula is C16H20IN3O2. The summed E-state index contributed by atoms with van der Waals surface area (Å²) in [4.78, 5) is 16.3. The lowest BCUT2D eigenvalue weighted by Crippen LogP contribution is -2.31. The normalized spacial score (nSPS) is 22.0. The molecule has 1 aliphatic carbocycles. The highest BCUT2D eigenvalue weighted by molar-refractivity contribution is 14.1. The van der Waals surface area contributed by atoms with Crippen LogP contribution >= 0.6 is 22.6 Å². The van der Waals surface area contributed by atoms with Crippen LogP contribution in [0.3, 0.4) is 0 Å². The van der Waals surface area contributed by atoms with Crippen molar-refractivity contribution in [3.8, 4) is 0 Å². The van der Waals surface area contributed by atoms with Crippen LogP contribution in [0.5, 0.6) is 0 Å². The molecular weight excluding hydrogens is 393 g/mol. The summed E-state index contributed by atoms with van der Waals surface area (Å²) in [5.74, 6) is 0.706. The van der Waals surface area contributed by atoms with E-state index in [-0.39, 0.29) is 5.69 Å². The Hall–Kier alpha value is -1.15. The second kappa shape index (κ2) is 6.54. The highest BCUT2D eigenvalue weighted by Crippen LogP contribution is 2.27. The van der Waals surface area contributed by atoms with E-state index in [1.807, 2.05) is 12.1 Å². The van der Waals surface area contributed by atoms with Gasteiger partial charge in [0.05, 0.1) is 11.6 Å². The van der Waals surface area contributed by atoms with Crippen LogP contribution in [0.25, 0.3) is 10.9 Å². The third kappa shape index (κ3) is 3.12.